The third-order valence-electron chi connectivity index (χ3n) is 3.91. The second-order valence-electron chi connectivity index (χ2n) is 5.30. The van der Waals surface area contributed by atoms with Gasteiger partial charge in [0.25, 0.3) is 0 Å². The number of rotatable bonds is 7. The lowest BCUT2D eigenvalue weighted by Crippen LogP contribution is -2.64. The van der Waals surface area contributed by atoms with E-state index in [1.54, 1.807) is 0 Å². The highest BCUT2D eigenvalue weighted by Crippen LogP contribution is 2.36. The predicted octanol–water partition coefficient (Wildman–Crippen LogP) is 1.26. The molecule has 0 bridgehead atoms. The van der Waals surface area contributed by atoms with Gasteiger partial charge in [-0.05, 0) is 26.7 Å². The topological polar surface area (TPSA) is 56.8 Å². The van der Waals surface area contributed by atoms with Crippen LogP contribution in [0.15, 0.2) is 0 Å². The zero-order chi connectivity index (χ0) is 13.7. The number of hydrogen-bond donors (Lipinski definition) is 1. The first kappa shape index (κ1) is 14.8. The highest BCUT2D eigenvalue weighted by Gasteiger charge is 2.52. The molecular formula is C14H25NO4. The van der Waals surface area contributed by atoms with Crippen LogP contribution in [0.3, 0.4) is 0 Å². The highest BCUT2D eigenvalue weighted by molar-refractivity contribution is 5.82. The van der Waals surface area contributed by atoms with Gasteiger partial charge in [-0.3, -0.25) is 10.1 Å². The molecule has 1 saturated heterocycles. The fourth-order valence-corrected chi connectivity index (χ4v) is 2.84. The smallest absolute Gasteiger partial charge is 0.326 e. The van der Waals surface area contributed by atoms with Crippen LogP contribution in [0.4, 0.5) is 0 Å². The van der Waals surface area contributed by atoms with Crippen LogP contribution in [0, 0.1) is 0 Å². The molecule has 2 aliphatic rings. The van der Waals surface area contributed by atoms with Crippen LogP contribution in [0.2, 0.25) is 0 Å². The molecule has 1 aliphatic heterocycles. The van der Waals surface area contributed by atoms with Gasteiger partial charge in [0.1, 0.15) is 5.54 Å². The van der Waals surface area contributed by atoms with E-state index >= 15 is 0 Å². The summed E-state index contributed by atoms with van der Waals surface area (Å²) < 4.78 is 16.3. The fraction of sp³-hybridized carbons (Fsp3) is 0.929. The summed E-state index contributed by atoms with van der Waals surface area (Å²) in [7, 11) is 0. The first-order valence-corrected chi connectivity index (χ1v) is 7.35. The summed E-state index contributed by atoms with van der Waals surface area (Å²) in [5.41, 5.74) is -0.554. The van der Waals surface area contributed by atoms with Gasteiger partial charge in [-0.15, -0.1) is 0 Å². The number of ether oxygens (including phenoxy) is 3. The van der Waals surface area contributed by atoms with Crippen molar-refractivity contribution in [1.82, 2.24) is 5.32 Å². The standard InChI is InChI=1S/C14H25NO4/c1-3-17-12-8-14(9-12,13(16)18-4-2)15-10-11-6-5-7-19-11/h11-12,15H,3-10H2,1-2H3. The molecule has 1 aliphatic carbocycles. The molecule has 1 atom stereocenters. The molecule has 1 saturated carbocycles. The Morgan fingerprint density at radius 2 is 2.16 bits per heavy atom. The Labute approximate surface area is 115 Å². The van der Waals surface area contributed by atoms with Gasteiger partial charge in [0.05, 0.1) is 18.8 Å². The van der Waals surface area contributed by atoms with Crippen molar-refractivity contribution in [3.63, 3.8) is 0 Å². The Bertz CT molecular complexity index is 296. The maximum absolute atomic E-state index is 12.1. The zero-order valence-corrected chi connectivity index (χ0v) is 11.9. The Balaban J connectivity index is 1.86. The molecule has 2 fully saturated rings. The summed E-state index contributed by atoms with van der Waals surface area (Å²) >= 11 is 0. The van der Waals surface area contributed by atoms with E-state index in [2.05, 4.69) is 5.32 Å². The first-order valence-electron chi connectivity index (χ1n) is 7.35. The van der Waals surface area contributed by atoms with Crippen LogP contribution in [-0.4, -0.2) is 50.1 Å². The molecule has 0 spiro atoms. The normalized spacial score (nSPS) is 34.0. The van der Waals surface area contributed by atoms with E-state index in [0.717, 1.165) is 26.0 Å². The molecule has 1 unspecified atom stereocenters. The van der Waals surface area contributed by atoms with Gasteiger partial charge in [0, 0.05) is 32.6 Å². The van der Waals surface area contributed by atoms with Gasteiger partial charge >= 0.3 is 5.97 Å². The number of hydrogen-bond acceptors (Lipinski definition) is 5. The molecule has 0 aromatic rings. The van der Waals surface area contributed by atoms with E-state index in [1.807, 2.05) is 13.8 Å². The van der Waals surface area contributed by atoms with E-state index in [-0.39, 0.29) is 18.2 Å². The van der Waals surface area contributed by atoms with Crippen LogP contribution >= 0.6 is 0 Å². The predicted molar refractivity (Wildman–Crippen MR) is 71.0 cm³/mol. The average molecular weight is 271 g/mol. The highest BCUT2D eigenvalue weighted by atomic mass is 16.5. The third-order valence-corrected chi connectivity index (χ3v) is 3.91. The molecule has 0 aromatic carbocycles. The quantitative estimate of drug-likeness (QED) is 0.706. The first-order chi connectivity index (χ1) is 9.20. The third kappa shape index (κ3) is 3.46. The maximum atomic E-state index is 12.1. The summed E-state index contributed by atoms with van der Waals surface area (Å²) in [6, 6.07) is 0. The second kappa shape index (κ2) is 6.68. The molecule has 1 heterocycles. The van der Waals surface area contributed by atoms with Crippen molar-refractivity contribution >= 4 is 5.97 Å². The van der Waals surface area contributed by atoms with Crippen molar-refractivity contribution in [1.29, 1.82) is 0 Å². The largest absolute Gasteiger partial charge is 0.465 e. The van der Waals surface area contributed by atoms with Crippen molar-refractivity contribution in [2.75, 3.05) is 26.4 Å². The lowest BCUT2D eigenvalue weighted by atomic mass is 9.74. The second-order valence-corrected chi connectivity index (χ2v) is 5.30. The number of carbonyl (C=O) groups is 1. The van der Waals surface area contributed by atoms with Gasteiger partial charge in [-0.25, -0.2) is 0 Å². The van der Waals surface area contributed by atoms with Gasteiger partial charge in [0.15, 0.2) is 0 Å². The molecule has 2 rings (SSSR count). The molecule has 0 amide bonds. The summed E-state index contributed by atoms with van der Waals surface area (Å²) in [5, 5.41) is 3.37. The van der Waals surface area contributed by atoms with E-state index in [9.17, 15) is 4.79 Å². The average Bonchev–Trinajstić information content (AvgIpc) is 2.85. The summed E-state index contributed by atoms with van der Waals surface area (Å²) in [6.45, 7) is 6.48. The molecule has 5 heteroatoms. The lowest BCUT2D eigenvalue weighted by Gasteiger charge is -2.45. The Hall–Kier alpha value is -0.650. The number of nitrogens with one attached hydrogen (secondary N) is 1. The van der Waals surface area contributed by atoms with Gasteiger partial charge in [0.2, 0.25) is 0 Å². The van der Waals surface area contributed by atoms with Crippen LogP contribution < -0.4 is 5.32 Å². The van der Waals surface area contributed by atoms with E-state index < -0.39 is 5.54 Å². The van der Waals surface area contributed by atoms with Gasteiger partial charge in [-0.1, -0.05) is 0 Å². The molecule has 19 heavy (non-hydrogen) atoms. The zero-order valence-electron chi connectivity index (χ0n) is 11.9. The Kier molecular flexibility index (Phi) is 5.19. The molecule has 0 radical (unpaired) electrons. The summed E-state index contributed by atoms with van der Waals surface area (Å²) in [6.07, 6.45) is 3.99. The number of carbonyl (C=O) groups excluding carboxylic acids is 1. The summed E-state index contributed by atoms with van der Waals surface area (Å²) in [5.74, 6) is -0.149. The number of esters is 1. The van der Waals surface area contributed by atoms with Gasteiger partial charge < -0.3 is 14.2 Å². The van der Waals surface area contributed by atoms with Crippen LogP contribution in [0.25, 0.3) is 0 Å². The van der Waals surface area contributed by atoms with Crippen LogP contribution in [0.5, 0.6) is 0 Å². The molecular weight excluding hydrogens is 246 g/mol. The Morgan fingerprint density at radius 1 is 1.37 bits per heavy atom. The molecule has 110 valence electrons. The van der Waals surface area contributed by atoms with Crippen LogP contribution in [-0.2, 0) is 19.0 Å². The Morgan fingerprint density at radius 3 is 2.74 bits per heavy atom. The van der Waals surface area contributed by atoms with Gasteiger partial charge in [-0.2, -0.15) is 0 Å². The minimum atomic E-state index is -0.554. The van der Waals surface area contributed by atoms with E-state index in [4.69, 9.17) is 14.2 Å². The summed E-state index contributed by atoms with van der Waals surface area (Å²) in [4.78, 5) is 12.1. The minimum absolute atomic E-state index is 0.149. The monoisotopic (exact) mass is 271 g/mol. The van der Waals surface area contributed by atoms with Crippen molar-refractivity contribution < 1.29 is 19.0 Å². The fourth-order valence-electron chi connectivity index (χ4n) is 2.84. The van der Waals surface area contributed by atoms with Crippen molar-refractivity contribution in [3.8, 4) is 0 Å². The molecule has 1 N–H and O–H groups in total. The SMILES string of the molecule is CCOC(=O)C1(NCC2CCCO2)CC(OCC)C1. The molecule has 5 nitrogen and oxygen atoms in total. The minimum Gasteiger partial charge on any atom is -0.465 e. The maximum Gasteiger partial charge on any atom is 0.326 e. The van der Waals surface area contributed by atoms with Crippen molar-refractivity contribution in [3.05, 3.63) is 0 Å². The van der Waals surface area contributed by atoms with E-state index in [1.165, 1.54) is 0 Å². The lowest BCUT2D eigenvalue weighted by molar-refractivity contribution is -0.164. The van der Waals surface area contributed by atoms with Crippen LogP contribution in [0.1, 0.15) is 39.5 Å². The van der Waals surface area contributed by atoms with Crippen molar-refractivity contribution in [2.45, 2.75) is 57.3 Å². The molecule has 0 aromatic heterocycles. The van der Waals surface area contributed by atoms with E-state index in [0.29, 0.717) is 26.1 Å². The van der Waals surface area contributed by atoms with Crippen molar-refractivity contribution in [2.24, 2.45) is 0 Å².